The van der Waals surface area contributed by atoms with E-state index in [2.05, 4.69) is 0 Å². The predicted molar refractivity (Wildman–Crippen MR) is 58.6 cm³/mol. The third kappa shape index (κ3) is 1.64. The van der Waals surface area contributed by atoms with Gasteiger partial charge in [0.05, 0.1) is 18.8 Å². The van der Waals surface area contributed by atoms with E-state index in [4.69, 9.17) is 9.47 Å². The number of ether oxygens (including phenoxy) is 2. The fourth-order valence-electron chi connectivity index (χ4n) is 2.14. The van der Waals surface area contributed by atoms with Crippen molar-refractivity contribution in [3.05, 3.63) is 22.8 Å². The molecule has 4 heteroatoms. The lowest BCUT2D eigenvalue weighted by Gasteiger charge is -2.30. The quantitative estimate of drug-likeness (QED) is 0.761. The first kappa shape index (κ1) is 11.2. The lowest BCUT2D eigenvalue weighted by molar-refractivity contribution is -0.144. The van der Waals surface area contributed by atoms with Gasteiger partial charge in [0, 0.05) is 6.07 Å². The molecule has 1 heterocycles. The van der Waals surface area contributed by atoms with Crippen molar-refractivity contribution in [3.8, 4) is 11.5 Å². The zero-order chi connectivity index (χ0) is 11.9. The number of hydrogen-bond acceptors (Lipinski definition) is 4. The molecule has 0 radical (unpaired) electrons. The number of fused-ring (bicyclic) bond motifs is 1. The predicted octanol–water partition coefficient (Wildman–Crippen LogP) is 1.66. The second-order valence-electron chi connectivity index (χ2n) is 4.12. The third-order valence-corrected chi connectivity index (χ3v) is 3.01. The van der Waals surface area contributed by atoms with Crippen molar-refractivity contribution in [3.63, 3.8) is 0 Å². The van der Waals surface area contributed by atoms with Crippen LogP contribution in [0.15, 0.2) is 6.07 Å². The van der Waals surface area contributed by atoms with Crippen LogP contribution in [0.5, 0.6) is 11.5 Å². The zero-order valence-corrected chi connectivity index (χ0v) is 9.65. The zero-order valence-electron chi connectivity index (χ0n) is 9.65. The van der Waals surface area contributed by atoms with E-state index in [1.165, 1.54) is 13.2 Å². The highest BCUT2D eigenvalue weighted by atomic mass is 16.6. The maximum Gasteiger partial charge on any atom is 0.185 e. The summed E-state index contributed by atoms with van der Waals surface area (Å²) in [6.45, 7) is 3.72. The van der Waals surface area contributed by atoms with Gasteiger partial charge in [0.1, 0.15) is 11.5 Å². The second kappa shape index (κ2) is 3.96. The van der Waals surface area contributed by atoms with Crippen molar-refractivity contribution < 1.29 is 19.7 Å². The summed E-state index contributed by atoms with van der Waals surface area (Å²) in [5.74, 6) is 0.661. The Morgan fingerprint density at radius 3 is 2.81 bits per heavy atom. The molecule has 0 amide bonds. The van der Waals surface area contributed by atoms with Crippen LogP contribution in [0.1, 0.15) is 29.9 Å². The Bertz CT molecular complexity index is 414. The first-order chi connectivity index (χ1) is 7.54. The van der Waals surface area contributed by atoms with Gasteiger partial charge in [0.25, 0.3) is 0 Å². The summed E-state index contributed by atoms with van der Waals surface area (Å²) in [7, 11) is 1.51. The summed E-state index contributed by atoms with van der Waals surface area (Å²) in [6.07, 6.45) is -0.371. The molecular weight excluding hydrogens is 208 g/mol. The summed E-state index contributed by atoms with van der Waals surface area (Å²) >= 11 is 0. The highest BCUT2D eigenvalue weighted by molar-refractivity contribution is 5.53. The van der Waals surface area contributed by atoms with Gasteiger partial charge in [-0.2, -0.15) is 0 Å². The van der Waals surface area contributed by atoms with E-state index in [1.54, 1.807) is 0 Å². The van der Waals surface area contributed by atoms with Crippen molar-refractivity contribution in [2.24, 2.45) is 0 Å². The Morgan fingerprint density at radius 2 is 2.19 bits per heavy atom. The van der Waals surface area contributed by atoms with Crippen LogP contribution in [-0.2, 0) is 11.2 Å². The van der Waals surface area contributed by atoms with Gasteiger partial charge in [-0.15, -0.1) is 0 Å². The molecule has 1 aromatic rings. The van der Waals surface area contributed by atoms with E-state index < -0.39 is 6.29 Å². The molecule has 16 heavy (non-hydrogen) atoms. The molecule has 0 bridgehead atoms. The van der Waals surface area contributed by atoms with Gasteiger partial charge in [-0.25, -0.2) is 0 Å². The van der Waals surface area contributed by atoms with Gasteiger partial charge in [0.15, 0.2) is 6.29 Å². The molecule has 1 aliphatic rings. The number of methoxy groups -OCH3 is 1. The highest BCUT2D eigenvalue weighted by Gasteiger charge is 2.29. The fourth-order valence-corrected chi connectivity index (χ4v) is 2.14. The van der Waals surface area contributed by atoms with E-state index in [9.17, 15) is 10.2 Å². The Kier molecular flexibility index (Phi) is 2.78. The van der Waals surface area contributed by atoms with Crippen LogP contribution in [0.3, 0.4) is 0 Å². The summed E-state index contributed by atoms with van der Waals surface area (Å²) < 4.78 is 10.5. The number of phenols is 1. The van der Waals surface area contributed by atoms with Gasteiger partial charge in [0.2, 0.25) is 0 Å². The monoisotopic (exact) mass is 224 g/mol. The minimum atomic E-state index is -0.979. The number of rotatable bonds is 1. The molecule has 4 nitrogen and oxygen atoms in total. The largest absolute Gasteiger partial charge is 0.508 e. The van der Waals surface area contributed by atoms with Crippen LogP contribution >= 0.6 is 0 Å². The minimum absolute atomic E-state index is 0.0623. The van der Waals surface area contributed by atoms with E-state index in [0.717, 1.165) is 11.1 Å². The Balaban J connectivity index is 2.63. The van der Waals surface area contributed by atoms with Gasteiger partial charge in [-0.05, 0) is 31.4 Å². The summed E-state index contributed by atoms with van der Waals surface area (Å²) in [5, 5.41) is 19.6. The van der Waals surface area contributed by atoms with Crippen molar-refractivity contribution in [2.45, 2.75) is 32.7 Å². The number of aliphatic hydroxyl groups excluding tert-OH is 1. The Morgan fingerprint density at radius 1 is 1.50 bits per heavy atom. The molecule has 1 aromatic carbocycles. The first-order valence-electron chi connectivity index (χ1n) is 5.27. The lowest BCUT2D eigenvalue weighted by atomic mass is 9.92. The van der Waals surface area contributed by atoms with Crippen molar-refractivity contribution in [2.75, 3.05) is 7.11 Å². The maximum atomic E-state index is 9.88. The molecule has 0 aromatic heterocycles. The van der Waals surface area contributed by atoms with Crippen molar-refractivity contribution in [1.29, 1.82) is 0 Å². The molecule has 2 rings (SSSR count). The van der Waals surface area contributed by atoms with Gasteiger partial charge in [-0.3, -0.25) is 0 Å². The molecule has 0 fully saturated rings. The lowest BCUT2D eigenvalue weighted by Crippen LogP contribution is -2.25. The van der Waals surface area contributed by atoms with Crippen LogP contribution in [0, 0.1) is 6.92 Å². The molecule has 0 saturated heterocycles. The van der Waals surface area contributed by atoms with E-state index in [0.29, 0.717) is 17.7 Å². The van der Waals surface area contributed by atoms with E-state index in [-0.39, 0.29) is 11.9 Å². The normalized spacial score (nSPS) is 24.0. The molecule has 0 spiro atoms. The van der Waals surface area contributed by atoms with Gasteiger partial charge in [-0.1, -0.05) is 0 Å². The second-order valence-corrected chi connectivity index (χ2v) is 4.12. The number of aliphatic hydroxyl groups is 1. The highest BCUT2D eigenvalue weighted by Crippen LogP contribution is 2.40. The third-order valence-electron chi connectivity index (χ3n) is 3.01. The average Bonchev–Trinajstić information content (AvgIpc) is 2.23. The van der Waals surface area contributed by atoms with Crippen LogP contribution in [0.25, 0.3) is 0 Å². The summed E-state index contributed by atoms with van der Waals surface area (Å²) in [6, 6.07) is 1.51. The minimum Gasteiger partial charge on any atom is -0.508 e. The van der Waals surface area contributed by atoms with Crippen LogP contribution in [0.4, 0.5) is 0 Å². The van der Waals surface area contributed by atoms with Gasteiger partial charge >= 0.3 is 0 Å². The van der Waals surface area contributed by atoms with Crippen molar-refractivity contribution in [1.82, 2.24) is 0 Å². The summed E-state index contributed by atoms with van der Waals surface area (Å²) in [4.78, 5) is 0. The maximum absolute atomic E-state index is 9.88. The molecular formula is C12H16O4. The molecule has 2 atom stereocenters. The number of phenolic OH excluding ortho intramolecular Hbond substituents is 1. The van der Waals surface area contributed by atoms with E-state index >= 15 is 0 Å². The molecule has 88 valence electrons. The molecule has 1 aliphatic heterocycles. The topological polar surface area (TPSA) is 58.9 Å². The Labute approximate surface area is 94.4 Å². The van der Waals surface area contributed by atoms with Crippen LogP contribution in [0.2, 0.25) is 0 Å². The molecule has 0 aliphatic carbocycles. The molecule has 0 saturated carbocycles. The average molecular weight is 224 g/mol. The van der Waals surface area contributed by atoms with E-state index in [1.807, 2.05) is 13.8 Å². The number of hydrogen-bond donors (Lipinski definition) is 2. The Hall–Kier alpha value is -1.26. The van der Waals surface area contributed by atoms with Crippen molar-refractivity contribution >= 4 is 0 Å². The number of aromatic hydroxyl groups is 1. The molecule has 2 N–H and O–H groups in total. The standard InChI is InChI=1S/C12H16O4/c1-6-4-8-7(2)9(13)5-10(15-3)11(8)12(14)16-6/h5-6,12-14H,4H2,1-3H3/t6-,12+/m1/s1. The first-order valence-corrected chi connectivity index (χ1v) is 5.27. The van der Waals surface area contributed by atoms with Crippen LogP contribution in [-0.4, -0.2) is 23.4 Å². The number of benzene rings is 1. The summed E-state index contributed by atoms with van der Waals surface area (Å²) in [5.41, 5.74) is 2.34. The fraction of sp³-hybridized carbons (Fsp3) is 0.500. The molecule has 0 unspecified atom stereocenters. The van der Waals surface area contributed by atoms with Crippen LogP contribution < -0.4 is 4.74 Å². The SMILES string of the molecule is COc1cc(O)c(C)c2c1[C@@H](O)O[C@H](C)C2. The smallest absolute Gasteiger partial charge is 0.185 e. The van der Waals surface area contributed by atoms with Gasteiger partial charge < -0.3 is 19.7 Å².